The van der Waals surface area contributed by atoms with Crippen molar-refractivity contribution in [3.8, 4) is 0 Å². The molecule has 1 unspecified atom stereocenters. The minimum Gasteiger partial charge on any atom is -0.398 e. The molecule has 0 radical (unpaired) electrons. The fraction of sp³-hybridized carbons (Fsp3) is 0.867. The fourth-order valence-electron chi connectivity index (χ4n) is 2.00. The molecular weight excluding hydrogens is 456 g/mol. The highest BCUT2D eigenvalue weighted by Crippen LogP contribution is 2.42. The summed E-state index contributed by atoms with van der Waals surface area (Å²) in [5.41, 5.74) is 0. The van der Waals surface area contributed by atoms with Crippen LogP contribution in [0.5, 0.6) is 0 Å². The highest BCUT2D eigenvalue weighted by Gasteiger charge is 2.59. The van der Waals surface area contributed by atoms with Crippen LogP contribution < -0.4 is 0 Å². The summed E-state index contributed by atoms with van der Waals surface area (Å²) in [6, 6.07) is -2.99. The zero-order valence-electron chi connectivity index (χ0n) is 13.4. The predicted octanol–water partition coefficient (Wildman–Crippen LogP) is 7.60. The number of ether oxygens (including phenoxy) is 1. The Labute approximate surface area is 151 Å². The van der Waals surface area contributed by atoms with E-state index in [1.807, 2.05) is 22.6 Å². The molecule has 0 aliphatic carbocycles. The molecule has 24 heavy (non-hydrogen) atoms. The van der Waals surface area contributed by atoms with Crippen LogP contribution in [0.4, 0.5) is 30.7 Å². The second kappa shape index (κ2) is 11.4. The Morgan fingerprint density at radius 3 is 2.00 bits per heavy atom. The summed E-state index contributed by atoms with van der Waals surface area (Å²) in [6.45, 7) is 2.09. The van der Waals surface area contributed by atoms with Crippen molar-refractivity contribution in [2.24, 2.45) is 0 Å². The van der Waals surface area contributed by atoms with Crippen LogP contribution in [0.3, 0.4) is 0 Å². The molecule has 0 fully saturated rings. The summed E-state index contributed by atoms with van der Waals surface area (Å²) in [5.74, 6) is -4.73. The van der Waals surface area contributed by atoms with Gasteiger partial charge in [0.25, 0.3) is 0 Å². The SMILES string of the molecule is CCCCCCCCC(I)CCC(F)(F)C(F)(F)OC(F)=C(F)F. The summed E-state index contributed by atoms with van der Waals surface area (Å²) in [7, 11) is 0. The number of alkyl halides is 5. The highest BCUT2D eigenvalue weighted by molar-refractivity contribution is 14.1. The van der Waals surface area contributed by atoms with E-state index >= 15 is 0 Å². The smallest absolute Gasteiger partial charge is 0.398 e. The lowest BCUT2D eigenvalue weighted by atomic mass is 10.0. The molecule has 0 saturated heterocycles. The summed E-state index contributed by atoms with van der Waals surface area (Å²) in [6.07, 6.45) is -3.30. The van der Waals surface area contributed by atoms with Gasteiger partial charge in [-0.2, -0.15) is 30.7 Å². The van der Waals surface area contributed by atoms with Gasteiger partial charge in [-0.3, -0.25) is 0 Å². The average Bonchev–Trinajstić information content (AvgIpc) is 2.48. The van der Waals surface area contributed by atoms with E-state index in [0.717, 1.165) is 38.5 Å². The third-order valence-corrected chi connectivity index (χ3v) is 4.68. The zero-order valence-corrected chi connectivity index (χ0v) is 15.5. The Balaban J connectivity index is 4.23. The van der Waals surface area contributed by atoms with Gasteiger partial charge in [0.05, 0.1) is 0 Å². The molecular formula is C15H22F7IO. The van der Waals surface area contributed by atoms with Crippen LogP contribution in [0.15, 0.2) is 12.1 Å². The van der Waals surface area contributed by atoms with Crippen LogP contribution in [0.2, 0.25) is 0 Å². The van der Waals surface area contributed by atoms with Crippen molar-refractivity contribution >= 4 is 22.6 Å². The van der Waals surface area contributed by atoms with Gasteiger partial charge in [-0.25, -0.2) is 0 Å². The van der Waals surface area contributed by atoms with Crippen LogP contribution in [0.25, 0.3) is 0 Å². The van der Waals surface area contributed by atoms with Crippen molar-refractivity contribution in [3.05, 3.63) is 12.1 Å². The van der Waals surface area contributed by atoms with Crippen LogP contribution >= 0.6 is 22.6 Å². The number of hydrogen-bond acceptors (Lipinski definition) is 1. The molecule has 0 bridgehead atoms. The first-order valence-corrected chi connectivity index (χ1v) is 9.07. The number of unbranched alkanes of at least 4 members (excludes halogenated alkanes) is 5. The maximum absolute atomic E-state index is 13.4. The lowest BCUT2D eigenvalue weighted by molar-refractivity contribution is -0.341. The van der Waals surface area contributed by atoms with Crippen LogP contribution in [-0.2, 0) is 4.74 Å². The maximum atomic E-state index is 13.4. The van der Waals surface area contributed by atoms with Crippen LogP contribution in [0, 0.1) is 0 Å². The Kier molecular flexibility index (Phi) is 11.3. The Morgan fingerprint density at radius 1 is 0.917 bits per heavy atom. The number of halogens is 8. The van der Waals surface area contributed by atoms with Crippen LogP contribution in [-0.4, -0.2) is 16.0 Å². The van der Waals surface area contributed by atoms with Crippen molar-refractivity contribution in [1.29, 1.82) is 0 Å². The number of rotatable bonds is 13. The van der Waals surface area contributed by atoms with E-state index in [9.17, 15) is 30.7 Å². The molecule has 0 heterocycles. The molecule has 0 rings (SSSR count). The lowest BCUT2D eigenvalue weighted by Crippen LogP contribution is -2.42. The maximum Gasteiger partial charge on any atom is 0.466 e. The highest BCUT2D eigenvalue weighted by atomic mass is 127. The molecule has 1 atom stereocenters. The lowest BCUT2D eigenvalue weighted by Gasteiger charge is -2.26. The Bertz CT molecular complexity index is 384. The van der Waals surface area contributed by atoms with Crippen molar-refractivity contribution in [1.82, 2.24) is 0 Å². The van der Waals surface area contributed by atoms with Gasteiger partial charge in [0.15, 0.2) is 0 Å². The zero-order chi connectivity index (χ0) is 18.8. The summed E-state index contributed by atoms with van der Waals surface area (Å²) in [4.78, 5) is 0. The van der Waals surface area contributed by atoms with E-state index in [4.69, 9.17) is 0 Å². The molecule has 1 nitrogen and oxygen atoms in total. The Hall–Kier alpha value is -0.220. The molecule has 0 aromatic heterocycles. The summed E-state index contributed by atoms with van der Waals surface area (Å²) >= 11 is 1.89. The largest absolute Gasteiger partial charge is 0.466 e. The predicted molar refractivity (Wildman–Crippen MR) is 86.4 cm³/mol. The summed E-state index contributed by atoms with van der Waals surface area (Å²) in [5, 5.41) is 0. The molecule has 0 amide bonds. The first kappa shape index (κ1) is 23.8. The third-order valence-electron chi connectivity index (χ3n) is 3.43. The first-order valence-electron chi connectivity index (χ1n) is 7.83. The molecule has 0 aliphatic rings. The van der Waals surface area contributed by atoms with Crippen molar-refractivity contribution in [2.75, 3.05) is 0 Å². The van der Waals surface area contributed by atoms with Gasteiger partial charge in [0.2, 0.25) is 0 Å². The van der Waals surface area contributed by atoms with Crippen molar-refractivity contribution < 1.29 is 35.5 Å². The van der Waals surface area contributed by atoms with Crippen molar-refractivity contribution in [3.63, 3.8) is 0 Å². The van der Waals surface area contributed by atoms with Gasteiger partial charge in [0.1, 0.15) is 0 Å². The monoisotopic (exact) mass is 478 g/mol. The van der Waals surface area contributed by atoms with E-state index in [1.165, 1.54) is 0 Å². The normalized spacial score (nSPS) is 13.7. The average molecular weight is 478 g/mol. The summed E-state index contributed by atoms with van der Waals surface area (Å²) < 4.78 is 91.3. The van der Waals surface area contributed by atoms with E-state index in [0.29, 0.717) is 6.42 Å². The molecule has 0 aromatic rings. The van der Waals surface area contributed by atoms with Gasteiger partial charge >= 0.3 is 24.1 Å². The molecule has 9 heteroatoms. The topological polar surface area (TPSA) is 9.23 Å². The van der Waals surface area contributed by atoms with Crippen LogP contribution in [0.1, 0.15) is 64.7 Å². The van der Waals surface area contributed by atoms with Gasteiger partial charge < -0.3 is 4.74 Å². The van der Waals surface area contributed by atoms with Crippen molar-refractivity contribution in [2.45, 2.75) is 80.7 Å². The molecule has 0 aromatic carbocycles. The molecule has 0 N–H and O–H groups in total. The molecule has 0 saturated carbocycles. The van der Waals surface area contributed by atoms with Gasteiger partial charge in [-0.15, -0.1) is 0 Å². The van der Waals surface area contributed by atoms with E-state index < -0.39 is 30.5 Å². The van der Waals surface area contributed by atoms with Gasteiger partial charge in [0, 0.05) is 10.3 Å². The van der Waals surface area contributed by atoms with E-state index in [2.05, 4.69) is 11.7 Å². The fourth-order valence-corrected chi connectivity index (χ4v) is 2.75. The minimum atomic E-state index is -5.32. The standard InChI is InChI=1S/C15H22F7IO/c1-2-3-4-5-6-7-8-11(23)9-10-14(19,20)15(21,22)24-13(18)12(16)17/h11H,2-10H2,1H3. The number of hydrogen-bond donors (Lipinski definition) is 0. The van der Waals surface area contributed by atoms with E-state index in [1.54, 1.807) is 0 Å². The Morgan fingerprint density at radius 2 is 1.46 bits per heavy atom. The first-order chi connectivity index (χ1) is 11.0. The molecule has 0 aliphatic heterocycles. The van der Waals surface area contributed by atoms with Gasteiger partial charge in [-0.1, -0.05) is 68.0 Å². The quantitative estimate of drug-likeness (QED) is 0.0871. The third kappa shape index (κ3) is 9.31. The second-order valence-electron chi connectivity index (χ2n) is 5.55. The van der Waals surface area contributed by atoms with Gasteiger partial charge in [-0.05, 0) is 12.8 Å². The minimum absolute atomic E-state index is 0.245. The molecule has 0 spiro atoms. The molecule has 144 valence electrons. The van der Waals surface area contributed by atoms with E-state index in [-0.39, 0.29) is 10.3 Å². The second-order valence-corrected chi connectivity index (χ2v) is 7.31.